The summed E-state index contributed by atoms with van der Waals surface area (Å²) in [6.45, 7) is 0. The second-order valence-corrected chi connectivity index (χ2v) is 4.33. The van der Waals surface area contributed by atoms with Crippen molar-refractivity contribution in [2.45, 2.75) is 0 Å². The zero-order chi connectivity index (χ0) is 12.4. The highest BCUT2D eigenvalue weighted by Gasteiger charge is 2.06. The van der Waals surface area contributed by atoms with Gasteiger partial charge in [-0.2, -0.15) is 0 Å². The van der Waals surface area contributed by atoms with Crippen LogP contribution in [-0.4, -0.2) is 11.1 Å². The fraction of sp³-hybridized carbons (Fsp3) is 0. The quantitative estimate of drug-likeness (QED) is 0.877. The van der Waals surface area contributed by atoms with Crippen molar-refractivity contribution in [3.05, 3.63) is 58.1 Å². The summed E-state index contributed by atoms with van der Waals surface area (Å²) in [7, 11) is 0. The standard InChI is InChI=1S/C13H8Cl2O2/c14-11-5-4-9(7-12(11)15)8-2-1-3-10(6-8)13(16)17/h1-7H,(H,16,17). The molecule has 0 spiro atoms. The Bertz CT molecular complexity index is 579. The third kappa shape index (κ3) is 2.60. The van der Waals surface area contributed by atoms with Crippen LogP contribution < -0.4 is 0 Å². The molecule has 0 aliphatic carbocycles. The van der Waals surface area contributed by atoms with E-state index >= 15 is 0 Å². The molecule has 2 aromatic carbocycles. The summed E-state index contributed by atoms with van der Waals surface area (Å²) >= 11 is 11.7. The molecule has 4 heteroatoms. The zero-order valence-corrected chi connectivity index (χ0v) is 10.2. The Labute approximate surface area is 108 Å². The Balaban J connectivity index is 2.49. The fourth-order valence-corrected chi connectivity index (χ4v) is 1.81. The summed E-state index contributed by atoms with van der Waals surface area (Å²) in [4.78, 5) is 10.9. The normalized spacial score (nSPS) is 10.2. The summed E-state index contributed by atoms with van der Waals surface area (Å²) < 4.78 is 0. The molecule has 0 aliphatic rings. The van der Waals surface area contributed by atoms with E-state index in [1.165, 1.54) is 0 Å². The van der Waals surface area contributed by atoms with Crippen molar-refractivity contribution in [2.75, 3.05) is 0 Å². The van der Waals surface area contributed by atoms with Gasteiger partial charge in [0.2, 0.25) is 0 Å². The van der Waals surface area contributed by atoms with E-state index in [9.17, 15) is 4.79 Å². The first-order valence-corrected chi connectivity index (χ1v) is 5.62. The average molecular weight is 267 g/mol. The zero-order valence-electron chi connectivity index (χ0n) is 8.65. The van der Waals surface area contributed by atoms with E-state index in [1.807, 2.05) is 6.07 Å². The van der Waals surface area contributed by atoms with Gasteiger partial charge in [-0.1, -0.05) is 41.4 Å². The molecular formula is C13H8Cl2O2. The van der Waals surface area contributed by atoms with Gasteiger partial charge in [0.1, 0.15) is 0 Å². The Morgan fingerprint density at radius 1 is 0.941 bits per heavy atom. The number of aromatic carboxylic acids is 1. The molecule has 2 aromatic rings. The number of halogens is 2. The average Bonchev–Trinajstić information content (AvgIpc) is 2.33. The van der Waals surface area contributed by atoms with Gasteiger partial charge in [-0.25, -0.2) is 4.79 Å². The number of benzene rings is 2. The predicted molar refractivity (Wildman–Crippen MR) is 68.9 cm³/mol. The van der Waals surface area contributed by atoms with Gasteiger partial charge in [0.25, 0.3) is 0 Å². The van der Waals surface area contributed by atoms with Gasteiger partial charge >= 0.3 is 5.97 Å². The van der Waals surface area contributed by atoms with Gasteiger partial charge in [0.05, 0.1) is 15.6 Å². The highest BCUT2D eigenvalue weighted by molar-refractivity contribution is 6.42. The maximum absolute atomic E-state index is 10.9. The molecule has 0 aliphatic heterocycles. The first kappa shape index (κ1) is 12.0. The van der Waals surface area contributed by atoms with Crippen LogP contribution in [0.1, 0.15) is 10.4 Å². The van der Waals surface area contributed by atoms with E-state index in [0.29, 0.717) is 10.0 Å². The lowest BCUT2D eigenvalue weighted by molar-refractivity contribution is 0.0697. The minimum Gasteiger partial charge on any atom is -0.478 e. The van der Waals surface area contributed by atoms with Crippen LogP contribution in [0.4, 0.5) is 0 Å². The summed E-state index contributed by atoms with van der Waals surface area (Å²) in [5.41, 5.74) is 1.87. The number of hydrogen-bond donors (Lipinski definition) is 1. The van der Waals surface area contributed by atoms with E-state index in [2.05, 4.69) is 0 Å². The molecule has 17 heavy (non-hydrogen) atoms. The molecule has 0 aromatic heterocycles. The maximum atomic E-state index is 10.9. The van der Waals surface area contributed by atoms with Gasteiger partial charge in [0, 0.05) is 0 Å². The summed E-state index contributed by atoms with van der Waals surface area (Å²) in [6.07, 6.45) is 0. The lowest BCUT2D eigenvalue weighted by Gasteiger charge is -2.04. The lowest BCUT2D eigenvalue weighted by Crippen LogP contribution is -1.95. The Hall–Kier alpha value is -1.51. The van der Waals surface area contributed by atoms with Crippen LogP contribution in [0.2, 0.25) is 10.0 Å². The van der Waals surface area contributed by atoms with Gasteiger partial charge in [-0.05, 0) is 35.4 Å². The second kappa shape index (κ2) is 4.78. The minimum atomic E-state index is -0.952. The van der Waals surface area contributed by atoms with Gasteiger partial charge in [-0.15, -0.1) is 0 Å². The van der Waals surface area contributed by atoms with Crippen LogP contribution in [0.25, 0.3) is 11.1 Å². The number of carbonyl (C=O) groups is 1. The number of carboxylic acids is 1. The lowest BCUT2D eigenvalue weighted by atomic mass is 10.0. The molecular weight excluding hydrogens is 259 g/mol. The number of hydrogen-bond acceptors (Lipinski definition) is 1. The summed E-state index contributed by atoms with van der Waals surface area (Å²) in [6, 6.07) is 11.9. The van der Waals surface area contributed by atoms with E-state index in [1.54, 1.807) is 36.4 Å². The first-order valence-electron chi connectivity index (χ1n) is 4.87. The van der Waals surface area contributed by atoms with Crippen LogP contribution in [0.5, 0.6) is 0 Å². The SMILES string of the molecule is O=C(O)c1cccc(-c2ccc(Cl)c(Cl)c2)c1. The van der Waals surface area contributed by atoms with Crippen molar-refractivity contribution in [1.29, 1.82) is 0 Å². The highest BCUT2D eigenvalue weighted by atomic mass is 35.5. The molecule has 0 amide bonds. The van der Waals surface area contributed by atoms with Gasteiger partial charge in [0.15, 0.2) is 0 Å². The van der Waals surface area contributed by atoms with Crippen LogP contribution in [-0.2, 0) is 0 Å². The smallest absolute Gasteiger partial charge is 0.335 e. The van der Waals surface area contributed by atoms with Gasteiger partial charge in [-0.3, -0.25) is 0 Å². The summed E-state index contributed by atoms with van der Waals surface area (Å²) in [5.74, 6) is -0.952. The van der Waals surface area contributed by atoms with Crippen molar-refractivity contribution >= 4 is 29.2 Å². The number of rotatable bonds is 2. The molecule has 86 valence electrons. The maximum Gasteiger partial charge on any atom is 0.335 e. The Morgan fingerprint density at radius 2 is 1.65 bits per heavy atom. The summed E-state index contributed by atoms with van der Waals surface area (Å²) in [5, 5.41) is 9.83. The van der Waals surface area contributed by atoms with Gasteiger partial charge < -0.3 is 5.11 Å². The van der Waals surface area contributed by atoms with Crippen LogP contribution in [0.15, 0.2) is 42.5 Å². The molecule has 0 saturated carbocycles. The van der Waals surface area contributed by atoms with E-state index in [4.69, 9.17) is 28.3 Å². The van der Waals surface area contributed by atoms with Crippen LogP contribution in [0, 0.1) is 0 Å². The number of carboxylic acid groups (broad SMARTS) is 1. The largest absolute Gasteiger partial charge is 0.478 e. The molecule has 0 bridgehead atoms. The molecule has 2 nitrogen and oxygen atoms in total. The van der Waals surface area contributed by atoms with Crippen molar-refractivity contribution in [3.8, 4) is 11.1 Å². The van der Waals surface area contributed by atoms with E-state index in [0.717, 1.165) is 11.1 Å². The second-order valence-electron chi connectivity index (χ2n) is 3.51. The highest BCUT2D eigenvalue weighted by Crippen LogP contribution is 2.28. The van der Waals surface area contributed by atoms with Crippen molar-refractivity contribution in [1.82, 2.24) is 0 Å². The third-order valence-corrected chi connectivity index (χ3v) is 3.10. The molecule has 0 saturated heterocycles. The third-order valence-electron chi connectivity index (χ3n) is 2.36. The van der Waals surface area contributed by atoms with Crippen molar-refractivity contribution in [2.24, 2.45) is 0 Å². The molecule has 1 N–H and O–H groups in total. The fourth-order valence-electron chi connectivity index (χ4n) is 1.51. The van der Waals surface area contributed by atoms with E-state index < -0.39 is 5.97 Å². The Morgan fingerprint density at radius 3 is 2.29 bits per heavy atom. The first-order chi connectivity index (χ1) is 8.08. The molecule has 0 radical (unpaired) electrons. The Kier molecular flexibility index (Phi) is 3.36. The van der Waals surface area contributed by atoms with E-state index in [-0.39, 0.29) is 5.56 Å². The predicted octanol–water partition coefficient (Wildman–Crippen LogP) is 4.36. The molecule has 0 heterocycles. The van der Waals surface area contributed by atoms with Crippen LogP contribution in [0.3, 0.4) is 0 Å². The molecule has 0 fully saturated rings. The molecule has 0 unspecified atom stereocenters. The minimum absolute atomic E-state index is 0.244. The van der Waals surface area contributed by atoms with Crippen molar-refractivity contribution in [3.63, 3.8) is 0 Å². The molecule has 0 atom stereocenters. The monoisotopic (exact) mass is 266 g/mol. The molecule has 2 rings (SSSR count). The van der Waals surface area contributed by atoms with Crippen molar-refractivity contribution < 1.29 is 9.90 Å². The topological polar surface area (TPSA) is 37.3 Å². The van der Waals surface area contributed by atoms with Crippen LogP contribution >= 0.6 is 23.2 Å².